The molecule has 5 heteroatoms. The van der Waals surface area contributed by atoms with Gasteiger partial charge >= 0.3 is 6.03 Å². The molecule has 21 heavy (non-hydrogen) atoms. The summed E-state index contributed by atoms with van der Waals surface area (Å²) in [6, 6.07) is 13.8. The summed E-state index contributed by atoms with van der Waals surface area (Å²) in [5.74, 6) is 0. The number of hydrogen-bond acceptors (Lipinski definition) is 2. The highest BCUT2D eigenvalue weighted by Gasteiger charge is 2.22. The largest absolute Gasteiger partial charge is 0.349 e. The number of anilines is 1. The molecular weight excluding hydrogens is 264 g/mol. The van der Waals surface area contributed by atoms with Gasteiger partial charge in [-0.05, 0) is 31.3 Å². The van der Waals surface area contributed by atoms with E-state index >= 15 is 0 Å². The van der Waals surface area contributed by atoms with E-state index in [4.69, 9.17) is 0 Å². The highest BCUT2D eigenvalue weighted by molar-refractivity contribution is 5.89. The third-order valence-electron chi connectivity index (χ3n) is 3.90. The van der Waals surface area contributed by atoms with Crippen molar-refractivity contribution >= 4 is 11.7 Å². The Morgan fingerprint density at radius 1 is 1.24 bits per heavy atom. The number of nitrogens with one attached hydrogen (secondary N) is 2. The molecule has 1 atom stereocenters. The smallest absolute Gasteiger partial charge is 0.319 e. The normalized spacial score (nSPS) is 18.0. The number of benzene rings is 1. The van der Waals surface area contributed by atoms with Crippen LogP contribution in [0.3, 0.4) is 0 Å². The quantitative estimate of drug-likeness (QED) is 0.907. The van der Waals surface area contributed by atoms with Gasteiger partial charge in [-0.3, -0.25) is 4.90 Å². The van der Waals surface area contributed by atoms with Crippen molar-refractivity contribution in [1.29, 1.82) is 0 Å². The number of nitrogens with zero attached hydrogens (tertiary/aromatic N) is 2. The van der Waals surface area contributed by atoms with Crippen molar-refractivity contribution in [2.24, 2.45) is 0 Å². The number of amides is 2. The highest BCUT2D eigenvalue weighted by atomic mass is 16.2. The average molecular weight is 284 g/mol. The molecule has 2 N–H and O–H groups in total. The summed E-state index contributed by atoms with van der Waals surface area (Å²) in [5.41, 5.74) is 2.13. The zero-order valence-corrected chi connectivity index (χ0v) is 12.1. The molecule has 0 spiro atoms. The molecule has 1 aliphatic heterocycles. The van der Waals surface area contributed by atoms with Crippen molar-refractivity contribution < 1.29 is 4.79 Å². The van der Waals surface area contributed by atoms with E-state index in [0.29, 0.717) is 12.6 Å². The van der Waals surface area contributed by atoms with Crippen LogP contribution in [-0.4, -0.2) is 35.1 Å². The van der Waals surface area contributed by atoms with E-state index in [1.807, 2.05) is 30.3 Å². The standard InChI is InChI=1S/C16H20N4O/c1-19-11-14-8-5-9-20(14)12-15(19)10-17-16(21)18-13-6-3-2-4-7-13/h2-9,15H,10-12H2,1H3,(H2,17,18,21). The van der Waals surface area contributed by atoms with Crippen molar-refractivity contribution in [1.82, 2.24) is 14.8 Å². The molecule has 110 valence electrons. The molecule has 2 aromatic rings. The minimum absolute atomic E-state index is 0.159. The molecular formula is C16H20N4O. The number of para-hydroxylation sites is 1. The molecule has 0 fully saturated rings. The number of urea groups is 1. The van der Waals surface area contributed by atoms with Gasteiger partial charge < -0.3 is 15.2 Å². The third kappa shape index (κ3) is 3.25. The van der Waals surface area contributed by atoms with Gasteiger partial charge in [0.15, 0.2) is 0 Å². The molecule has 1 aromatic heterocycles. The Kier molecular flexibility index (Phi) is 3.92. The van der Waals surface area contributed by atoms with Gasteiger partial charge in [-0.15, -0.1) is 0 Å². The maximum atomic E-state index is 11.9. The van der Waals surface area contributed by atoms with Gasteiger partial charge in [0.05, 0.1) is 0 Å². The first-order chi connectivity index (χ1) is 10.2. The Morgan fingerprint density at radius 3 is 2.86 bits per heavy atom. The van der Waals surface area contributed by atoms with Gasteiger partial charge in [0.1, 0.15) is 0 Å². The van der Waals surface area contributed by atoms with Gasteiger partial charge in [-0.25, -0.2) is 4.79 Å². The second-order valence-electron chi connectivity index (χ2n) is 5.42. The van der Waals surface area contributed by atoms with E-state index in [0.717, 1.165) is 18.8 Å². The molecule has 0 aliphatic carbocycles. The lowest BCUT2D eigenvalue weighted by Crippen LogP contribution is -2.47. The minimum atomic E-state index is -0.159. The summed E-state index contributed by atoms with van der Waals surface area (Å²) in [7, 11) is 2.10. The Morgan fingerprint density at radius 2 is 2.05 bits per heavy atom. The summed E-state index contributed by atoms with van der Waals surface area (Å²) in [6.45, 7) is 2.46. The van der Waals surface area contributed by atoms with Crippen molar-refractivity contribution in [2.45, 2.75) is 19.1 Å². The van der Waals surface area contributed by atoms with Crippen LogP contribution in [-0.2, 0) is 13.1 Å². The van der Waals surface area contributed by atoms with Gasteiger partial charge in [-0.1, -0.05) is 18.2 Å². The lowest BCUT2D eigenvalue weighted by atomic mass is 10.2. The average Bonchev–Trinajstić information content (AvgIpc) is 2.93. The van der Waals surface area contributed by atoms with E-state index in [1.165, 1.54) is 5.69 Å². The molecule has 1 aliphatic rings. The second-order valence-corrected chi connectivity index (χ2v) is 5.42. The summed E-state index contributed by atoms with van der Waals surface area (Å²) < 4.78 is 2.25. The van der Waals surface area contributed by atoms with Gasteiger partial charge in [-0.2, -0.15) is 0 Å². The molecule has 0 bridgehead atoms. The predicted molar refractivity (Wildman–Crippen MR) is 83.2 cm³/mol. The number of fused-ring (bicyclic) bond motifs is 1. The first-order valence-corrected chi connectivity index (χ1v) is 7.16. The van der Waals surface area contributed by atoms with E-state index in [9.17, 15) is 4.79 Å². The molecule has 1 aromatic carbocycles. The Labute approximate surface area is 124 Å². The molecule has 0 saturated heterocycles. The molecule has 5 nitrogen and oxygen atoms in total. The van der Waals surface area contributed by atoms with Crippen LogP contribution in [0, 0.1) is 0 Å². The fourth-order valence-electron chi connectivity index (χ4n) is 2.65. The van der Waals surface area contributed by atoms with E-state index in [-0.39, 0.29) is 6.03 Å². The lowest BCUT2D eigenvalue weighted by Gasteiger charge is -2.34. The monoisotopic (exact) mass is 284 g/mol. The third-order valence-corrected chi connectivity index (χ3v) is 3.90. The summed E-state index contributed by atoms with van der Waals surface area (Å²) in [5, 5.41) is 5.78. The van der Waals surface area contributed by atoms with Crippen LogP contribution in [0.15, 0.2) is 48.7 Å². The maximum Gasteiger partial charge on any atom is 0.319 e. The second kappa shape index (κ2) is 6.01. The zero-order valence-electron chi connectivity index (χ0n) is 12.1. The predicted octanol–water partition coefficient (Wildman–Crippen LogP) is 2.12. The minimum Gasteiger partial charge on any atom is -0.349 e. The van der Waals surface area contributed by atoms with E-state index in [2.05, 4.69) is 45.5 Å². The summed E-state index contributed by atoms with van der Waals surface area (Å²) in [4.78, 5) is 14.2. The van der Waals surface area contributed by atoms with Crippen LogP contribution >= 0.6 is 0 Å². The topological polar surface area (TPSA) is 49.3 Å². The number of aromatic nitrogens is 1. The van der Waals surface area contributed by atoms with E-state index < -0.39 is 0 Å². The summed E-state index contributed by atoms with van der Waals surface area (Å²) in [6.07, 6.45) is 2.10. The van der Waals surface area contributed by atoms with Crippen molar-refractivity contribution in [3.05, 3.63) is 54.4 Å². The lowest BCUT2D eigenvalue weighted by molar-refractivity contribution is 0.174. The molecule has 2 heterocycles. The number of rotatable bonds is 3. The highest BCUT2D eigenvalue weighted by Crippen LogP contribution is 2.16. The molecule has 3 rings (SSSR count). The number of hydrogen-bond donors (Lipinski definition) is 2. The number of likely N-dealkylation sites (N-methyl/N-ethyl adjacent to an activating group) is 1. The van der Waals surface area contributed by atoms with Crippen molar-refractivity contribution in [3.63, 3.8) is 0 Å². The number of carbonyl (C=O) groups excluding carboxylic acids is 1. The maximum absolute atomic E-state index is 11.9. The zero-order chi connectivity index (χ0) is 14.7. The van der Waals surface area contributed by atoms with Crippen LogP contribution in [0.2, 0.25) is 0 Å². The fraction of sp³-hybridized carbons (Fsp3) is 0.312. The van der Waals surface area contributed by atoms with Crippen molar-refractivity contribution in [2.75, 3.05) is 18.9 Å². The van der Waals surface area contributed by atoms with Crippen LogP contribution < -0.4 is 10.6 Å². The number of carbonyl (C=O) groups is 1. The SMILES string of the molecule is CN1Cc2cccn2CC1CNC(=O)Nc1ccccc1. The summed E-state index contributed by atoms with van der Waals surface area (Å²) >= 11 is 0. The molecule has 2 amide bonds. The van der Waals surface area contributed by atoms with Gasteiger partial charge in [0.2, 0.25) is 0 Å². The Hall–Kier alpha value is -2.27. The van der Waals surface area contributed by atoms with Crippen molar-refractivity contribution in [3.8, 4) is 0 Å². The van der Waals surface area contributed by atoms with Gasteiger partial charge in [0.25, 0.3) is 0 Å². The van der Waals surface area contributed by atoms with E-state index in [1.54, 1.807) is 0 Å². The fourth-order valence-corrected chi connectivity index (χ4v) is 2.65. The van der Waals surface area contributed by atoms with Crippen LogP contribution in [0.1, 0.15) is 5.69 Å². The van der Waals surface area contributed by atoms with Crippen LogP contribution in [0.25, 0.3) is 0 Å². The first-order valence-electron chi connectivity index (χ1n) is 7.16. The Bertz CT molecular complexity index is 608. The van der Waals surface area contributed by atoms with Gasteiger partial charge in [0, 0.05) is 43.3 Å². The Balaban J connectivity index is 1.52. The van der Waals surface area contributed by atoms with Crippen LogP contribution in [0.4, 0.5) is 10.5 Å². The molecule has 1 unspecified atom stereocenters. The molecule has 0 radical (unpaired) electrons. The van der Waals surface area contributed by atoms with Crippen LogP contribution in [0.5, 0.6) is 0 Å². The first kappa shape index (κ1) is 13.7. The molecule has 0 saturated carbocycles.